The molecule has 156 valence electrons. The van der Waals surface area contributed by atoms with Crippen molar-refractivity contribution in [1.29, 1.82) is 0 Å². The van der Waals surface area contributed by atoms with Gasteiger partial charge in [0, 0.05) is 12.0 Å². The molecular formula is C20H29NO7. The maximum absolute atomic E-state index is 11.7. The van der Waals surface area contributed by atoms with Crippen LogP contribution < -0.4 is 4.74 Å². The molecule has 0 spiro atoms. The number of amides is 1. The number of ether oxygens (including phenoxy) is 2. The standard InChI is InChI=1S/C20H29NO7/c1-19(2,3)21(18(25)26)15(17(23)24)11-13-7-9-14(10-8-13)27-12-16(22)28-20(4,5)6/h7-10,15H,11-12H2,1-6H3,(H,23,24)(H,25,26)/t15-/m0/s1. The number of rotatable bonds is 7. The maximum atomic E-state index is 11.7. The molecule has 1 atom stereocenters. The Morgan fingerprint density at radius 2 is 1.54 bits per heavy atom. The predicted octanol–water partition coefficient (Wildman–Crippen LogP) is 3.18. The summed E-state index contributed by atoms with van der Waals surface area (Å²) in [6, 6.07) is 5.25. The first kappa shape index (κ1) is 23.3. The summed E-state index contributed by atoms with van der Waals surface area (Å²) in [4.78, 5) is 35.9. The molecule has 0 saturated heterocycles. The highest BCUT2D eigenvalue weighted by Crippen LogP contribution is 2.22. The minimum Gasteiger partial charge on any atom is -0.482 e. The van der Waals surface area contributed by atoms with Crippen LogP contribution in [0.25, 0.3) is 0 Å². The van der Waals surface area contributed by atoms with Crippen molar-refractivity contribution in [2.45, 2.75) is 65.1 Å². The van der Waals surface area contributed by atoms with Gasteiger partial charge in [-0.2, -0.15) is 0 Å². The molecule has 0 aliphatic heterocycles. The molecule has 1 rings (SSSR count). The predicted molar refractivity (Wildman–Crippen MR) is 103 cm³/mol. The van der Waals surface area contributed by atoms with E-state index in [1.54, 1.807) is 65.8 Å². The van der Waals surface area contributed by atoms with Gasteiger partial charge in [-0.05, 0) is 59.2 Å². The third-order valence-corrected chi connectivity index (χ3v) is 3.65. The summed E-state index contributed by atoms with van der Waals surface area (Å²) in [6.07, 6.45) is -1.29. The van der Waals surface area contributed by atoms with Crippen molar-refractivity contribution in [2.75, 3.05) is 6.61 Å². The lowest BCUT2D eigenvalue weighted by Gasteiger charge is -2.37. The summed E-state index contributed by atoms with van der Waals surface area (Å²) in [5, 5.41) is 19.0. The Morgan fingerprint density at radius 1 is 1.00 bits per heavy atom. The number of benzene rings is 1. The molecule has 1 aromatic rings. The molecule has 28 heavy (non-hydrogen) atoms. The van der Waals surface area contributed by atoms with Gasteiger partial charge in [-0.15, -0.1) is 0 Å². The molecule has 0 fully saturated rings. The Hall–Kier alpha value is -2.77. The van der Waals surface area contributed by atoms with Crippen LogP contribution in [0.2, 0.25) is 0 Å². The number of carbonyl (C=O) groups excluding carboxylic acids is 1. The van der Waals surface area contributed by atoms with Crippen LogP contribution in [0, 0.1) is 0 Å². The highest BCUT2D eigenvalue weighted by Gasteiger charge is 2.37. The molecule has 0 radical (unpaired) electrons. The molecule has 0 heterocycles. The monoisotopic (exact) mass is 395 g/mol. The normalized spacial score (nSPS) is 12.8. The van der Waals surface area contributed by atoms with E-state index in [1.165, 1.54) is 0 Å². The topological polar surface area (TPSA) is 113 Å². The van der Waals surface area contributed by atoms with E-state index in [4.69, 9.17) is 9.47 Å². The number of carbonyl (C=O) groups is 3. The average Bonchev–Trinajstić information content (AvgIpc) is 2.50. The number of carboxylic acid groups (broad SMARTS) is 2. The first-order valence-electron chi connectivity index (χ1n) is 8.89. The fourth-order valence-corrected chi connectivity index (χ4v) is 2.64. The first-order valence-corrected chi connectivity index (χ1v) is 8.89. The van der Waals surface area contributed by atoms with E-state index in [0.29, 0.717) is 11.3 Å². The zero-order valence-electron chi connectivity index (χ0n) is 17.2. The number of esters is 1. The van der Waals surface area contributed by atoms with E-state index >= 15 is 0 Å². The van der Waals surface area contributed by atoms with Crippen molar-refractivity contribution in [1.82, 2.24) is 4.90 Å². The lowest BCUT2D eigenvalue weighted by Crippen LogP contribution is -2.55. The first-order chi connectivity index (χ1) is 12.7. The van der Waals surface area contributed by atoms with E-state index in [2.05, 4.69) is 0 Å². The van der Waals surface area contributed by atoms with E-state index in [9.17, 15) is 24.6 Å². The Bertz CT molecular complexity index is 699. The molecule has 0 unspecified atom stereocenters. The van der Waals surface area contributed by atoms with Crippen LogP contribution in [0.4, 0.5) is 4.79 Å². The Morgan fingerprint density at radius 3 is 1.93 bits per heavy atom. The van der Waals surface area contributed by atoms with E-state index in [1.807, 2.05) is 0 Å². The Balaban J connectivity index is 2.82. The summed E-state index contributed by atoms with van der Waals surface area (Å²) in [6.45, 7) is 9.97. The van der Waals surface area contributed by atoms with Crippen LogP contribution in [-0.4, -0.2) is 56.9 Å². The minimum absolute atomic E-state index is 0.00521. The zero-order chi connectivity index (χ0) is 21.7. The highest BCUT2D eigenvalue weighted by atomic mass is 16.6. The summed E-state index contributed by atoms with van der Waals surface area (Å²) in [7, 11) is 0. The van der Waals surface area contributed by atoms with Gasteiger partial charge in [-0.25, -0.2) is 14.4 Å². The van der Waals surface area contributed by atoms with E-state index in [0.717, 1.165) is 4.90 Å². The summed E-state index contributed by atoms with van der Waals surface area (Å²) < 4.78 is 10.5. The summed E-state index contributed by atoms with van der Waals surface area (Å²) in [5.74, 6) is -1.29. The summed E-state index contributed by atoms with van der Waals surface area (Å²) >= 11 is 0. The number of carboxylic acids is 1. The van der Waals surface area contributed by atoms with Crippen molar-refractivity contribution in [2.24, 2.45) is 0 Å². The van der Waals surface area contributed by atoms with Gasteiger partial charge in [0.15, 0.2) is 6.61 Å². The van der Waals surface area contributed by atoms with Gasteiger partial charge >= 0.3 is 18.0 Å². The quantitative estimate of drug-likeness (QED) is 0.682. The molecule has 8 nitrogen and oxygen atoms in total. The van der Waals surface area contributed by atoms with Crippen molar-refractivity contribution in [3.63, 3.8) is 0 Å². The van der Waals surface area contributed by atoms with Gasteiger partial charge in [0.2, 0.25) is 0 Å². The third-order valence-electron chi connectivity index (χ3n) is 3.65. The third kappa shape index (κ3) is 7.46. The van der Waals surface area contributed by atoms with Crippen molar-refractivity contribution < 1.29 is 34.1 Å². The largest absolute Gasteiger partial charge is 0.482 e. The molecule has 0 saturated carbocycles. The van der Waals surface area contributed by atoms with Crippen LogP contribution in [0.3, 0.4) is 0 Å². The van der Waals surface area contributed by atoms with E-state index in [-0.39, 0.29) is 13.0 Å². The highest BCUT2D eigenvalue weighted by molar-refractivity contribution is 5.80. The van der Waals surface area contributed by atoms with Crippen LogP contribution in [0.15, 0.2) is 24.3 Å². The molecule has 0 aromatic heterocycles. The van der Waals surface area contributed by atoms with Crippen molar-refractivity contribution in [3.05, 3.63) is 29.8 Å². The van der Waals surface area contributed by atoms with Gasteiger partial charge < -0.3 is 19.7 Å². The number of aliphatic carboxylic acids is 1. The lowest BCUT2D eigenvalue weighted by atomic mass is 9.98. The molecule has 1 amide bonds. The van der Waals surface area contributed by atoms with Gasteiger partial charge in [0.05, 0.1) is 0 Å². The van der Waals surface area contributed by atoms with Gasteiger partial charge in [-0.3, -0.25) is 4.90 Å². The van der Waals surface area contributed by atoms with Gasteiger partial charge in [0.25, 0.3) is 0 Å². The number of hydrogen-bond donors (Lipinski definition) is 2. The second-order valence-corrected chi connectivity index (χ2v) is 8.40. The molecule has 0 aliphatic rings. The molecule has 0 bridgehead atoms. The second kappa shape index (κ2) is 8.95. The SMILES string of the molecule is CC(C)(C)OC(=O)COc1ccc(C[C@@H](C(=O)O)N(C(=O)O)C(C)(C)C)cc1. The fourth-order valence-electron chi connectivity index (χ4n) is 2.64. The fraction of sp³-hybridized carbons (Fsp3) is 0.550. The van der Waals surface area contributed by atoms with Crippen molar-refractivity contribution in [3.8, 4) is 5.75 Å². The number of hydrogen-bond acceptors (Lipinski definition) is 5. The molecule has 2 N–H and O–H groups in total. The van der Waals surface area contributed by atoms with Crippen LogP contribution in [0.5, 0.6) is 5.75 Å². The van der Waals surface area contributed by atoms with Gasteiger partial charge in [0.1, 0.15) is 17.4 Å². The minimum atomic E-state index is -1.29. The van der Waals surface area contributed by atoms with Crippen LogP contribution in [-0.2, 0) is 20.7 Å². The Labute approximate surface area is 165 Å². The van der Waals surface area contributed by atoms with Gasteiger partial charge in [-0.1, -0.05) is 12.1 Å². The number of nitrogens with zero attached hydrogens (tertiary/aromatic N) is 1. The van der Waals surface area contributed by atoms with Crippen molar-refractivity contribution >= 4 is 18.0 Å². The summed E-state index contributed by atoms with van der Waals surface area (Å²) in [5.41, 5.74) is -0.836. The maximum Gasteiger partial charge on any atom is 0.408 e. The lowest BCUT2D eigenvalue weighted by molar-refractivity contribution is -0.157. The molecular weight excluding hydrogens is 366 g/mol. The van der Waals surface area contributed by atoms with E-state index < -0.39 is 35.2 Å². The molecule has 1 aromatic carbocycles. The second-order valence-electron chi connectivity index (χ2n) is 8.40. The smallest absolute Gasteiger partial charge is 0.408 e. The average molecular weight is 395 g/mol. The zero-order valence-corrected chi connectivity index (χ0v) is 17.2. The molecule has 0 aliphatic carbocycles. The molecule has 8 heteroatoms. The Kier molecular flexibility index (Phi) is 7.43. The van der Waals surface area contributed by atoms with Crippen LogP contribution in [0.1, 0.15) is 47.1 Å². The van der Waals surface area contributed by atoms with Crippen LogP contribution >= 0.6 is 0 Å².